The van der Waals surface area contributed by atoms with Crippen LogP contribution in [0.1, 0.15) is 17.5 Å². The van der Waals surface area contributed by atoms with Crippen molar-refractivity contribution >= 4 is 17.5 Å². The molecule has 5 nitrogen and oxygen atoms in total. The second kappa shape index (κ2) is 7.15. The Balaban J connectivity index is 1.61. The lowest BCUT2D eigenvalue weighted by atomic mass is 9.76. The van der Waals surface area contributed by atoms with Crippen molar-refractivity contribution in [3.05, 3.63) is 64.7 Å². The van der Waals surface area contributed by atoms with Gasteiger partial charge in [-0.15, -0.1) is 0 Å². The monoisotopic (exact) mass is 386 g/mol. The highest BCUT2D eigenvalue weighted by Gasteiger charge is 2.52. The second-order valence-electron chi connectivity index (χ2n) is 7.28. The van der Waals surface area contributed by atoms with E-state index < -0.39 is 5.54 Å². The first-order valence-electron chi connectivity index (χ1n) is 9.15. The molecule has 4 rings (SSSR count). The predicted molar refractivity (Wildman–Crippen MR) is 104 cm³/mol. The number of nitrogens with zero attached hydrogens (tertiary/aromatic N) is 2. The van der Waals surface area contributed by atoms with Crippen LogP contribution in [-0.2, 0) is 21.6 Å². The third-order valence-corrected chi connectivity index (χ3v) is 6.31. The summed E-state index contributed by atoms with van der Waals surface area (Å²) in [5, 5.41) is 10.2. The fourth-order valence-corrected chi connectivity index (χ4v) is 4.54. The minimum absolute atomic E-state index is 0.0135. The molecule has 1 amide bonds. The molecule has 0 aliphatic carbocycles. The summed E-state index contributed by atoms with van der Waals surface area (Å²) in [6.45, 7) is 2.24. The highest BCUT2D eigenvalue weighted by Crippen LogP contribution is 2.42. The normalized spacial score (nSPS) is 26.1. The summed E-state index contributed by atoms with van der Waals surface area (Å²) in [6, 6.07) is 15.5. The molecule has 2 heterocycles. The minimum atomic E-state index is -0.449. The molecule has 142 valence electrons. The van der Waals surface area contributed by atoms with E-state index in [2.05, 4.69) is 17.0 Å². The number of phenolic OH excluding ortho intramolecular Hbond substituents is 1. The van der Waals surface area contributed by atoms with Crippen LogP contribution < -0.4 is 0 Å². The van der Waals surface area contributed by atoms with E-state index in [0.717, 1.165) is 24.1 Å². The van der Waals surface area contributed by atoms with Gasteiger partial charge >= 0.3 is 0 Å². The van der Waals surface area contributed by atoms with Gasteiger partial charge < -0.3 is 14.7 Å². The van der Waals surface area contributed by atoms with Crippen LogP contribution in [0.4, 0.5) is 0 Å². The molecule has 0 aromatic heterocycles. The van der Waals surface area contributed by atoms with Crippen LogP contribution in [0.3, 0.4) is 0 Å². The van der Waals surface area contributed by atoms with Crippen molar-refractivity contribution in [2.24, 2.45) is 0 Å². The van der Waals surface area contributed by atoms with Crippen molar-refractivity contribution in [3.63, 3.8) is 0 Å². The largest absolute Gasteiger partial charge is 0.506 e. The highest BCUT2D eigenvalue weighted by molar-refractivity contribution is 6.32. The first-order chi connectivity index (χ1) is 13.0. The smallest absolute Gasteiger partial charge is 0.249 e. The number of fused-ring (bicyclic) bond motifs is 1. The molecule has 1 N–H and O–H groups in total. The lowest BCUT2D eigenvalue weighted by molar-refractivity contribution is -0.183. The summed E-state index contributed by atoms with van der Waals surface area (Å²) in [5.41, 5.74) is 1.56. The summed E-state index contributed by atoms with van der Waals surface area (Å²) < 4.78 is 6.03. The Morgan fingerprint density at radius 1 is 1.22 bits per heavy atom. The Kier molecular flexibility index (Phi) is 4.84. The van der Waals surface area contributed by atoms with Crippen molar-refractivity contribution in [2.75, 3.05) is 26.7 Å². The third kappa shape index (κ3) is 3.10. The van der Waals surface area contributed by atoms with E-state index in [4.69, 9.17) is 16.3 Å². The fourth-order valence-electron chi connectivity index (χ4n) is 4.36. The number of amides is 1. The Morgan fingerprint density at radius 2 is 2.00 bits per heavy atom. The van der Waals surface area contributed by atoms with Crippen LogP contribution in [-0.4, -0.2) is 53.7 Å². The maximum absolute atomic E-state index is 12.4. The molecule has 0 saturated carbocycles. The molecule has 2 saturated heterocycles. The van der Waals surface area contributed by atoms with Crippen LogP contribution in [0.2, 0.25) is 5.02 Å². The lowest BCUT2D eigenvalue weighted by Crippen LogP contribution is -2.66. The number of likely N-dealkylation sites (N-methyl/N-ethyl adjacent to an activating group) is 1. The van der Waals surface area contributed by atoms with Gasteiger partial charge in [0.2, 0.25) is 5.91 Å². The molecule has 2 aliphatic rings. The zero-order valence-electron chi connectivity index (χ0n) is 15.3. The molecule has 2 aromatic carbocycles. The molecule has 2 atom stereocenters. The van der Waals surface area contributed by atoms with Crippen molar-refractivity contribution in [1.82, 2.24) is 9.80 Å². The first-order valence-corrected chi connectivity index (χ1v) is 9.52. The van der Waals surface area contributed by atoms with Crippen LogP contribution in [0.25, 0.3) is 0 Å². The van der Waals surface area contributed by atoms with Gasteiger partial charge in [0.25, 0.3) is 0 Å². The van der Waals surface area contributed by atoms with Gasteiger partial charge in [-0.25, -0.2) is 0 Å². The van der Waals surface area contributed by atoms with Crippen LogP contribution in [0.15, 0.2) is 48.5 Å². The number of hydrogen-bond donors (Lipinski definition) is 1. The molecule has 2 aromatic rings. The van der Waals surface area contributed by atoms with Gasteiger partial charge in [-0.1, -0.05) is 54.1 Å². The van der Waals surface area contributed by atoms with Crippen LogP contribution in [0.5, 0.6) is 5.75 Å². The maximum Gasteiger partial charge on any atom is 0.249 e. The number of hydrogen-bond acceptors (Lipinski definition) is 4. The van der Waals surface area contributed by atoms with Gasteiger partial charge in [-0.05, 0) is 23.6 Å². The SMILES string of the molecule is CN1C(=O)CO[C@@H]2CN(Cc3cccc(O)c3Cl)CC[C@]21c1ccccc1. The van der Waals surface area contributed by atoms with Crippen molar-refractivity contribution in [3.8, 4) is 5.75 Å². The van der Waals surface area contributed by atoms with E-state index in [0.29, 0.717) is 18.1 Å². The van der Waals surface area contributed by atoms with Gasteiger partial charge in [0.05, 0.1) is 16.7 Å². The highest BCUT2D eigenvalue weighted by atomic mass is 35.5. The van der Waals surface area contributed by atoms with Crippen molar-refractivity contribution < 1.29 is 14.6 Å². The number of carbonyl (C=O) groups excluding carboxylic acids is 1. The van der Waals surface area contributed by atoms with E-state index in [9.17, 15) is 9.90 Å². The van der Waals surface area contributed by atoms with Gasteiger partial charge in [-0.3, -0.25) is 9.69 Å². The Bertz CT molecular complexity index is 845. The van der Waals surface area contributed by atoms with E-state index in [-0.39, 0.29) is 24.4 Å². The summed E-state index contributed by atoms with van der Waals surface area (Å²) >= 11 is 6.25. The molecule has 0 bridgehead atoms. The van der Waals surface area contributed by atoms with Crippen LogP contribution >= 0.6 is 11.6 Å². The van der Waals surface area contributed by atoms with E-state index in [1.807, 2.05) is 36.2 Å². The van der Waals surface area contributed by atoms with E-state index >= 15 is 0 Å². The number of carbonyl (C=O) groups is 1. The number of phenols is 1. The van der Waals surface area contributed by atoms with Gasteiger partial charge in [0.1, 0.15) is 12.4 Å². The van der Waals surface area contributed by atoms with Gasteiger partial charge in [0, 0.05) is 26.7 Å². The molecular weight excluding hydrogens is 364 g/mol. The number of aromatic hydroxyl groups is 1. The van der Waals surface area contributed by atoms with Crippen LogP contribution in [0, 0.1) is 0 Å². The zero-order chi connectivity index (χ0) is 19.0. The minimum Gasteiger partial charge on any atom is -0.506 e. The number of piperidine rings is 1. The molecule has 2 aliphatic heterocycles. The quantitative estimate of drug-likeness (QED) is 0.881. The molecule has 2 fully saturated rings. The average Bonchev–Trinajstić information content (AvgIpc) is 2.69. The Labute approximate surface area is 164 Å². The number of ether oxygens (including phenoxy) is 1. The zero-order valence-corrected chi connectivity index (χ0v) is 16.0. The summed E-state index contributed by atoms with van der Waals surface area (Å²) in [5.74, 6) is 0.114. The number of rotatable bonds is 3. The first kappa shape index (κ1) is 18.3. The maximum atomic E-state index is 12.4. The fraction of sp³-hybridized carbons (Fsp3) is 0.381. The lowest BCUT2D eigenvalue weighted by Gasteiger charge is -2.55. The Morgan fingerprint density at radius 3 is 2.78 bits per heavy atom. The number of morpholine rings is 1. The van der Waals surface area contributed by atoms with E-state index in [1.54, 1.807) is 12.1 Å². The second-order valence-corrected chi connectivity index (χ2v) is 7.66. The standard InChI is InChI=1S/C21H23ClN2O3/c1-23-19(26)14-27-18-13-24(12-15-6-5-9-17(25)20(15)22)11-10-21(18,23)16-7-3-2-4-8-16/h2-9,18,25H,10-14H2,1H3/t18-,21+/m1/s1. The number of halogens is 1. The molecule has 0 spiro atoms. The molecular formula is C21H23ClN2O3. The summed E-state index contributed by atoms with van der Waals surface area (Å²) in [7, 11) is 1.88. The van der Waals surface area contributed by atoms with Crippen molar-refractivity contribution in [2.45, 2.75) is 24.6 Å². The summed E-state index contributed by atoms with van der Waals surface area (Å²) in [4.78, 5) is 16.6. The molecule has 6 heteroatoms. The number of benzene rings is 2. The van der Waals surface area contributed by atoms with Gasteiger partial charge in [-0.2, -0.15) is 0 Å². The molecule has 27 heavy (non-hydrogen) atoms. The Hall–Kier alpha value is -2.08. The predicted octanol–water partition coefficient (Wildman–Crippen LogP) is 3.00. The van der Waals surface area contributed by atoms with E-state index in [1.165, 1.54) is 0 Å². The molecule has 0 radical (unpaired) electrons. The van der Waals surface area contributed by atoms with Gasteiger partial charge in [0.15, 0.2) is 0 Å². The molecule has 0 unspecified atom stereocenters. The third-order valence-electron chi connectivity index (χ3n) is 5.87. The number of likely N-dealkylation sites (tertiary alicyclic amines) is 1. The summed E-state index contributed by atoms with van der Waals surface area (Å²) in [6.07, 6.45) is 0.660. The topological polar surface area (TPSA) is 53.0 Å². The average molecular weight is 387 g/mol. The van der Waals surface area contributed by atoms with Crippen molar-refractivity contribution in [1.29, 1.82) is 0 Å².